The number of benzene rings is 1. The Labute approximate surface area is 111 Å². The van der Waals surface area contributed by atoms with Crippen LogP contribution in [0.2, 0.25) is 0 Å². The minimum atomic E-state index is -0.433. The number of amides is 1. The summed E-state index contributed by atoms with van der Waals surface area (Å²) in [4.78, 5) is 15.6. The normalized spacial score (nSPS) is 10.0. The second-order valence-electron chi connectivity index (χ2n) is 3.33. The van der Waals surface area contributed by atoms with Crippen LogP contribution in [0.4, 0.5) is 10.2 Å². The quantitative estimate of drug-likeness (QED) is 0.853. The molecule has 0 saturated carbocycles. The predicted octanol–water partition coefficient (Wildman–Crippen LogP) is 3.08. The summed E-state index contributed by atoms with van der Waals surface area (Å²) in [5.41, 5.74) is 0.544. The minimum Gasteiger partial charge on any atom is -0.307 e. The van der Waals surface area contributed by atoms with Gasteiger partial charge in [0.05, 0.1) is 6.20 Å². The van der Waals surface area contributed by atoms with Gasteiger partial charge in [0.15, 0.2) is 0 Å². The molecule has 0 radical (unpaired) electrons. The second kappa shape index (κ2) is 5.22. The number of nitrogens with one attached hydrogen (secondary N) is 1. The van der Waals surface area contributed by atoms with E-state index < -0.39 is 5.82 Å². The highest BCUT2D eigenvalue weighted by Gasteiger charge is 2.06. The van der Waals surface area contributed by atoms with Crippen molar-refractivity contribution in [2.75, 3.05) is 5.32 Å². The summed E-state index contributed by atoms with van der Waals surface area (Å²) in [5, 5.41) is 2.59. The maximum atomic E-state index is 12.6. The molecule has 1 aromatic carbocycles. The maximum Gasteiger partial charge on any atom is 0.256 e. The van der Waals surface area contributed by atoms with Crippen LogP contribution >= 0.6 is 22.6 Å². The van der Waals surface area contributed by atoms with Crippen molar-refractivity contribution in [3.63, 3.8) is 0 Å². The number of rotatable bonds is 2. The van der Waals surface area contributed by atoms with E-state index in [0.717, 1.165) is 9.77 Å². The number of carbonyl (C=O) groups excluding carboxylic acids is 1. The van der Waals surface area contributed by atoms with Crippen LogP contribution in [0, 0.1) is 9.39 Å². The van der Waals surface area contributed by atoms with Gasteiger partial charge in [0, 0.05) is 9.13 Å². The smallest absolute Gasteiger partial charge is 0.256 e. The molecule has 0 aliphatic rings. The van der Waals surface area contributed by atoms with Crippen LogP contribution in [-0.2, 0) is 0 Å². The molecule has 0 aliphatic carbocycles. The highest BCUT2D eigenvalue weighted by atomic mass is 127. The van der Waals surface area contributed by atoms with E-state index in [0.29, 0.717) is 11.4 Å². The Morgan fingerprint density at radius 1 is 1.29 bits per heavy atom. The highest BCUT2D eigenvalue weighted by Crippen LogP contribution is 2.10. The largest absolute Gasteiger partial charge is 0.307 e. The Kier molecular flexibility index (Phi) is 3.68. The Hall–Kier alpha value is -1.50. The van der Waals surface area contributed by atoms with Crippen molar-refractivity contribution < 1.29 is 9.18 Å². The van der Waals surface area contributed by atoms with E-state index in [1.54, 1.807) is 18.2 Å². The molecule has 0 spiro atoms. The van der Waals surface area contributed by atoms with Crippen LogP contribution in [0.25, 0.3) is 0 Å². The number of halogens is 2. The zero-order valence-electron chi connectivity index (χ0n) is 8.65. The molecule has 0 unspecified atom stereocenters. The molecule has 17 heavy (non-hydrogen) atoms. The van der Waals surface area contributed by atoms with Gasteiger partial charge in [0.25, 0.3) is 5.91 Å². The second-order valence-corrected chi connectivity index (χ2v) is 4.57. The summed E-state index contributed by atoms with van der Waals surface area (Å²) in [7, 11) is 0. The lowest BCUT2D eigenvalue weighted by molar-refractivity contribution is 0.102. The molecular weight excluding hydrogens is 334 g/mol. The van der Waals surface area contributed by atoms with Gasteiger partial charge in [-0.2, -0.15) is 0 Å². The number of nitrogens with zero attached hydrogens (tertiary/aromatic N) is 1. The zero-order valence-corrected chi connectivity index (χ0v) is 10.8. The van der Waals surface area contributed by atoms with E-state index in [1.807, 2.05) is 6.07 Å². The summed E-state index contributed by atoms with van der Waals surface area (Å²) in [5.74, 6) is -0.366. The molecule has 0 bridgehead atoms. The zero-order chi connectivity index (χ0) is 12.3. The first-order chi connectivity index (χ1) is 8.15. The third-order valence-electron chi connectivity index (χ3n) is 2.06. The van der Waals surface area contributed by atoms with Gasteiger partial charge in [-0.1, -0.05) is 6.07 Å². The summed E-state index contributed by atoms with van der Waals surface area (Å²) < 4.78 is 13.6. The van der Waals surface area contributed by atoms with Gasteiger partial charge in [0.2, 0.25) is 0 Å². The molecule has 86 valence electrons. The van der Waals surface area contributed by atoms with E-state index in [-0.39, 0.29) is 5.91 Å². The van der Waals surface area contributed by atoms with Crippen molar-refractivity contribution in [2.24, 2.45) is 0 Å². The number of hydrogen-bond acceptors (Lipinski definition) is 2. The molecule has 2 aromatic rings. The van der Waals surface area contributed by atoms with Gasteiger partial charge in [-0.25, -0.2) is 9.37 Å². The number of carbonyl (C=O) groups is 1. The topological polar surface area (TPSA) is 42.0 Å². The minimum absolute atomic E-state index is 0.261. The van der Waals surface area contributed by atoms with Crippen LogP contribution in [0.1, 0.15) is 10.4 Å². The summed E-state index contributed by atoms with van der Waals surface area (Å²) in [6.07, 6.45) is 1.06. The first-order valence-corrected chi connectivity index (χ1v) is 5.91. The van der Waals surface area contributed by atoms with Crippen LogP contribution in [0.15, 0.2) is 42.6 Å². The first-order valence-electron chi connectivity index (χ1n) is 4.83. The van der Waals surface area contributed by atoms with E-state index in [4.69, 9.17) is 0 Å². The van der Waals surface area contributed by atoms with Crippen LogP contribution in [0.3, 0.4) is 0 Å². The Bertz CT molecular complexity index is 542. The van der Waals surface area contributed by atoms with Crippen molar-refractivity contribution in [1.82, 2.24) is 4.98 Å². The molecule has 1 N–H and O–H groups in total. The molecule has 0 fully saturated rings. The lowest BCUT2D eigenvalue weighted by Crippen LogP contribution is -2.12. The van der Waals surface area contributed by atoms with Crippen molar-refractivity contribution in [3.8, 4) is 0 Å². The van der Waals surface area contributed by atoms with Crippen molar-refractivity contribution >= 4 is 34.3 Å². The summed E-state index contributed by atoms with van der Waals surface area (Å²) >= 11 is 2.13. The standard InChI is InChI=1S/C12H8FIN2O/c13-9-4-5-11(15-7-9)16-12(17)8-2-1-3-10(14)6-8/h1-7H,(H,15,16,17). The fourth-order valence-electron chi connectivity index (χ4n) is 1.27. The molecule has 1 amide bonds. The lowest BCUT2D eigenvalue weighted by atomic mass is 10.2. The Morgan fingerprint density at radius 3 is 2.76 bits per heavy atom. The van der Waals surface area contributed by atoms with E-state index >= 15 is 0 Å². The van der Waals surface area contributed by atoms with Crippen LogP contribution in [-0.4, -0.2) is 10.9 Å². The molecule has 5 heteroatoms. The molecule has 1 heterocycles. The van der Waals surface area contributed by atoms with Gasteiger partial charge < -0.3 is 5.32 Å². The third kappa shape index (κ3) is 3.23. The molecule has 0 aliphatic heterocycles. The molecule has 3 nitrogen and oxygen atoms in total. The fourth-order valence-corrected chi connectivity index (χ4v) is 1.81. The van der Waals surface area contributed by atoms with Crippen molar-refractivity contribution in [2.45, 2.75) is 0 Å². The van der Waals surface area contributed by atoms with E-state index in [2.05, 4.69) is 32.9 Å². The first kappa shape index (κ1) is 12.0. The molecular formula is C12H8FIN2O. The number of aromatic nitrogens is 1. The number of pyridine rings is 1. The lowest BCUT2D eigenvalue weighted by Gasteiger charge is -2.04. The number of anilines is 1. The third-order valence-corrected chi connectivity index (χ3v) is 2.73. The highest BCUT2D eigenvalue weighted by molar-refractivity contribution is 14.1. The van der Waals surface area contributed by atoms with Gasteiger partial charge in [-0.15, -0.1) is 0 Å². The summed E-state index contributed by atoms with van der Waals surface area (Å²) in [6, 6.07) is 9.83. The van der Waals surface area contributed by atoms with Gasteiger partial charge in [-0.3, -0.25) is 4.79 Å². The SMILES string of the molecule is O=C(Nc1ccc(F)cn1)c1cccc(I)c1. The van der Waals surface area contributed by atoms with Crippen molar-refractivity contribution in [1.29, 1.82) is 0 Å². The predicted molar refractivity (Wildman–Crippen MR) is 71.3 cm³/mol. The van der Waals surface area contributed by atoms with Crippen molar-refractivity contribution in [3.05, 3.63) is 57.5 Å². The van der Waals surface area contributed by atoms with Gasteiger partial charge >= 0.3 is 0 Å². The molecule has 1 aromatic heterocycles. The van der Waals surface area contributed by atoms with Gasteiger partial charge in [0.1, 0.15) is 11.6 Å². The average Bonchev–Trinajstić information content (AvgIpc) is 2.32. The van der Waals surface area contributed by atoms with E-state index in [9.17, 15) is 9.18 Å². The van der Waals surface area contributed by atoms with Crippen LogP contribution < -0.4 is 5.32 Å². The molecule has 2 rings (SSSR count). The monoisotopic (exact) mass is 342 g/mol. The molecule has 0 atom stereocenters. The van der Waals surface area contributed by atoms with Gasteiger partial charge in [-0.05, 0) is 52.9 Å². The Morgan fingerprint density at radius 2 is 2.12 bits per heavy atom. The average molecular weight is 342 g/mol. The van der Waals surface area contributed by atoms with E-state index in [1.165, 1.54) is 12.1 Å². The maximum absolute atomic E-state index is 12.6. The summed E-state index contributed by atoms with van der Waals surface area (Å²) in [6.45, 7) is 0. The molecule has 0 saturated heterocycles. The fraction of sp³-hybridized carbons (Fsp3) is 0. The van der Waals surface area contributed by atoms with Crippen LogP contribution in [0.5, 0.6) is 0 Å². The number of hydrogen-bond donors (Lipinski definition) is 1. The Balaban J connectivity index is 2.14.